The molecule has 0 aliphatic carbocycles. The van der Waals surface area contributed by atoms with Crippen LogP contribution >= 0.6 is 11.6 Å². The lowest BCUT2D eigenvalue weighted by molar-refractivity contribution is -0.144. The number of ether oxygens (including phenoxy) is 2. The largest absolute Gasteiger partial charge is 0.461 e. The molecule has 0 amide bonds. The fourth-order valence-corrected chi connectivity index (χ4v) is 2.22. The summed E-state index contributed by atoms with van der Waals surface area (Å²) in [5.74, 6) is 1.04. The Hall–Kier alpha value is -2.79. The molecule has 0 radical (unpaired) electrons. The molecule has 0 fully saturated rings. The minimum Gasteiger partial charge on any atom is -0.461 e. The van der Waals surface area contributed by atoms with E-state index in [0.29, 0.717) is 16.5 Å². The van der Waals surface area contributed by atoms with Crippen molar-refractivity contribution in [2.45, 2.75) is 13.0 Å². The van der Waals surface area contributed by atoms with Gasteiger partial charge < -0.3 is 9.47 Å². The van der Waals surface area contributed by atoms with Crippen LogP contribution in [0.15, 0.2) is 60.8 Å². The van der Waals surface area contributed by atoms with E-state index in [9.17, 15) is 4.79 Å². The van der Waals surface area contributed by atoms with E-state index in [0.717, 1.165) is 11.3 Å². The Bertz CT molecular complexity index is 801. The molecule has 0 aliphatic rings. The first-order valence-corrected chi connectivity index (χ1v) is 7.73. The van der Waals surface area contributed by atoms with Crippen molar-refractivity contribution < 1.29 is 14.3 Å². The molecular weight excluding hydrogens is 328 g/mol. The Labute approximate surface area is 144 Å². The van der Waals surface area contributed by atoms with Crippen LogP contribution in [0.25, 0.3) is 0 Å². The van der Waals surface area contributed by atoms with Crippen molar-refractivity contribution >= 4 is 17.6 Å². The predicted octanol–water partition coefficient (Wildman–Crippen LogP) is 4.14. The van der Waals surface area contributed by atoms with Gasteiger partial charge in [0.2, 0.25) is 0 Å². The molecule has 0 spiro atoms. The summed E-state index contributed by atoms with van der Waals surface area (Å²) in [5, 5.41) is 7.17. The molecule has 2 aromatic carbocycles. The average Bonchev–Trinajstić information content (AvgIpc) is 3.08. The van der Waals surface area contributed by atoms with E-state index in [1.54, 1.807) is 36.5 Å². The van der Waals surface area contributed by atoms with E-state index in [-0.39, 0.29) is 19.0 Å². The monoisotopic (exact) mass is 342 g/mol. The fraction of sp³-hybridized carbons (Fsp3) is 0.111. The molecule has 0 saturated heterocycles. The van der Waals surface area contributed by atoms with Crippen LogP contribution in [-0.4, -0.2) is 16.2 Å². The average molecular weight is 343 g/mol. The second kappa shape index (κ2) is 7.66. The number of nitrogens with zero attached hydrogens (tertiary/aromatic N) is 1. The highest BCUT2D eigenvalue weighted by Gasteiger charge is 2.07. The molecule has 0 aliphatic heterocycles. The highest BCUT2D eigenvalue weighted by Crippen LogP contribution is 2.24. The number of aromatic amines is 1. The van der Waals surface area contributed by atoms with Crippen LogP contribution in [0, 0.1) is 0 Å². The van der Waals surface area contributed by atoms with Gasteiger partial charge in [-0.3, -0.25) is 9.89 Å². The summed E-state index contributed by atoms with van der Waals surface area (Å²) in [4.78, 5) is 11.8. The van der Waals surface area contributed by atoms with Gasteiger partial charge >= 0.3 is 5.97 Å². The van der Waals surface area contributed by atoms with Crippen LogP contribution in [0.2, 0.25) is 5.02 Å². The quantitative estimate of drug-likeness (QED) is 0.684. The van der Waals surface area contributed by atoms with Gasteiger partial charge in [0.15, 0.2) is 0 Å². The number of halogens is 1. The van der Waals surface area contributed by atoms with Crippen molar-refractivity contribution in [2.75, 3.05) is 0 Å². The van der Waals surface area contributed by atoms with Gasteiger partial charge in [0.25, 0.3) is 0 Å². The van der Waals surface area contributed by atoms with Crippen molar-refractivity contribution in [3.8, 4) is 11.5 Å². The van der Waals surface area contributed by atoms with Gasteiger partial charge in [-0.15, -0.1) is 0 Å². The zero-order chi connectivity index (χ0) is 16.8. The number of nitrogens with one attached hydrogen (secondary N) is 1. The standard InChI is InChI=1S/C18H15ClN2O3/c19-14-4-6-16(7-5-14)24-17-3-1-2-13(10-17)12-23-18(22)11-15-8-9-20-21-15/h1-10H,11-12H2,(H,20,21). The van der Waals surface area contributed by atoms with Crippen LogP contribution in [0.3, 0.4) is 0 Å². The predicted molar refractivity (Wildman–Crippen MR) is 90.1 cm³/mol. The lowest BCUT2D eigenvalue weighted by Gasteiger charge is -2.08. The first-order valence-electron chi connectivity index (χ1n) is 7.35. The number of hydrogen-bond acceptors (Lipinski definition) is 4. The van der Waals surface area contributed by atoms with E-state index in [4.69, 9.17) is 21.1 Å². The Kier molecular flexibility index (Phi) is 5.13. The second-order valence-electron chi connectivity index (χ2n) is 5.12. The lowest BCUT2D eigenvalue weighted by Crippen LogP contribution is -2.08. The van der Waals surface area contributed by atoms with Gasteiger partial charge in [0.05, 0.1) is 6.42 Å². The maximum atomic E-state index is 11.8. The summed E-state index contributed by atoms with van der Waals surface area (Å²) >= 11 is 5.85. The Morgan fingerprint density at radius 1 is 1.08 bits per heavy atom. The minimum atomic E-state index is -0.316. The number of carbonyl (C=O) groups excluding carboxylic acids is 1. The third-order valence-electron chi connectivity index (χ3n) is 3.24. The minimum absolute atomic E-state index is 0.168. The van der Waals surface area contributed by atoms with Crippen molar-refractivity contribution in [2.24, 2.45) is 0 Å². The first-order chi connectivity index (χ1) is 11.7. The first kappa shape index (κ1) is 16.1. The molecular formula is C18H15ClN2O3. The maximum absolute atomic E-state index is 11.8. The van der Waals surface area contributed by atoms with Crippen LogP contribution < -0.4 is 4.74 Å². The molecule has 0 atom stereocenters. The van der Waals surface area contributed by atoms with Crippen molar-refractivity contribution in [1.29, 1.82) is 0 Å². The Balaban J connectivity index is 1.56. The van der Waals surface area contributed by atoms with Crippen molar-refractivity contribution in [1.82, 2.24) is 10.2 Å². The van der Waals surface area contributed by atoms with E-state index >= 15 is 0 Å². The zero-order valence-electron chi connectivity index (χ0n) is 12.7. The van der Waals surface area contributed by atoms with Crippen molar-refractivity contribution in [3.63, 3.8) is 0 Å². The third kappa shape index (κ3) is 4.60. The number of hydrogen-bond donors (Lipinski definition) is 1. The molecule has 5 nitrogen and oxygen atoms in total. The summed E-state index contributed by atoms with van der Waals surface area (Å²) in [6.45, 7) is 0.185. The molecule has 6 heteroatoms. The lowest BCUT2D eigenvalue weighted by atomic mass is 10.2. The van der Waals surface area contributed by atoms with Gasteiger partial charge in [-0.2, -0.15) is 5.10 Å². The van der Waals surface area contributed by atoms with Gasteiger partial charge in [0, 0.05) is 16.9 Å². The summed E-state index contributed by atoms with van der Waals surface area (Å²) in [6, 6.07) is 16.2. The normalized spacial score (nSPS) is 10.4. The van der Waals surface area contributed by atoms with Crippen LogP contribution in [0.1, 0.15) is 11.3 Å². The summed E-state index contributed by atoms with van der Waals surface area (Å²) in [6.07, 6.45) is 1.77. The SMILES string of the molecule is O=C(Cc1ccn[nH]1)OCc1cccc(Oc2ccc(Cl)cc2)c1. The zero-order valence-corrected chi connectivity index (χ0v) is 13.5. The topological polar surface area (TPSA) is 64.2 Å². The summed E-state index contributed by atoms with van der Waals surface area (Å²) in [7, 11) is 0. The molecule has 1 heterocycles. The molecule has 1 aromatic heterocycles. The molecule has 0 saturated carbocycles. The second-order valence-corrected chi connectivity index (χ2v) is 5.56. The molecule has 3 aromatic rings. The number of rotatable bonds is 6. The number of aromatic nitrogens is 2. The molecule has 24 heavy (non-hydrogen) atoms. The third-order valence-corrected chi connectivity index (χ3v) is 3.49. The maximum Gasteiger partial charge on any atom is 0.312 e. The van der Waals surface area contributed by atoms with Gasteiger partial charge in [-0.05, 0) is 48.0 Å². The van der Waals surface area contributed by atoms with E-state index in [1.807, 2.05) is 24.3 Å². The molecule has 0 unspecified atom stereocenters. The Morgan fingerprint density at radius 3 is 2.67 bits per heavy atom. The number of esters is 1. The number of H-pyrrole nitrogens is 1. The molecule has 122 valence electrons. The molecule has 3 rings (SSSR count). The van der Waals surface area contributed by atoms with Crippen LogP contribution in [0.4, 0.5) is 0 Å². The fourth-order valence-electron chi connectivity index (χ4n) is 2.09. The summed E-state index contributed by atoms with van der Waals surface area (Å²) < 4.78 is 11.0. The highest BCUT2D eigenvalue weighted by molar-refractivity contribution is 6.30. The van der Waals surface area contributed by atoms with Crippen molar-refractivity contribution in [3.05, 3.63) is 77.1 Å². The van der Waals surface area contributed by atoms with E-state index in [1.165, 1.54) is 0 Å². The van der Waals surface area contributed by atoms with Gasteiger partial charge in [-0.25, -0.2) is 0 Å². The molecule has 1 N–H and O–H groups in total. The van der Waals surface area contributed by atoms with Crippen LogP contribution in [-0.2, 0) is 22.6 Å². The number of benzene rings is 2. The van der Waals surface area contributed by atoms with E-state index < -0.39 is 0 Å². The molecule has 0 bridgehead atoms. The van der Waals surface area contributed by atoms with Crippen LogP contribution in [0.5, 0.6) is 11.5 Å². The van der Waals surface area contributed by atoms with Gasteiger partial charge in [0.1, 0.15) is 18.1 Å². The Morgan fingerprint density at radius 2 is 1.92 bits per heavy atom. The highest BCUT2D eigenvalue weighted by atomic mass is 35.5. The summed E-state index contributed by atoms with van der Waals surface area (Å²) in [5.41, 5.74) is 1.57. The smallest absolute Gasteiger partial charge is 0.312 e. The number of carbonyl (C=O) groups is 1. The van der Waals surface area contributed by atoms with E-state index in [2.05, 4.69) is 10.2 Å². The van der Waals surface area contributed by atoms with Gasteiger partial charge in [-0.1, -0.05) is 23.7 Å².